The summed E-state index contributed by atoms with van der Waals surface area (Å²) in [4.78, 5) is 23.5. The number of carbonyl (C=O) groups excluding carboxylic acids is 2. The molecule has 3 rings (SSSR count). The standard InChI is InChI=1S/C18H17F2N3O2/c19-12-3-8-16(15(20)9-12)23-17(24)10-21-13-4-6-14(7-5-13)22-18(25)11-1-2-11/h3-9,11,21H,1-2,10H2,(H,22,25)(H,23,24). The van der Waals surface area contributed by atoms with Gasteiger partial charge >= 0.3 is 0 Å². The third kappa shape index (κ3) is 4.76. The Morgan fingerprint density at radius 2 is 1.64 bits per heavy atom. The predicted molar refractivity (Wildman–Crippen MR) is 91.3 cm³/mol. The molecule has 1 saturated carbocycles. The summed E-state index contributed by atoms with van der Waals surface area (Å²) < 4.78 is 26.3. The van der Waals surface area contributed by atoms with E-state index < -0.39 is 17.5 Å². The van der Waals surface area contributed by atoms with Crippen LogP contribution in [0, 0.1) is 17.6 Å². The molecule has 130 valence electrons. The first-order valence-electron chi connectivity index (χ1n) is 7.91. The minimum Gasteiger partial charge on any atom is -0.376 e. The van der Waals surface area contributed by atoms with Crippen molar-refractivity contribution in [1.29, 1.82) is 0 Å². The normalized spacial score (nSPS) is 13.2. The number of amides is 2. The Labute approximate surface area is 143 Å². The number of halogens is 2. The fourth-order valence-electron chi connectivity index (χ4n) is 2.23. The van der Waals surface area contributed by atoms with Gasteiger partial charge in [0.2, 0.25) is 11.8 Å². The molecule has 25 heavy (non-hydrogen) atoms. The predicted octanol–water partition coefficient (Wildman–Crippen LogP) is 3.36. The van der Waals surface area contributed by atoms with Crippen LogP contribution in [-0.4, -0.2) is 18.4 Å². The first kappa shape index (κ1) is 16.9. The maximum atomic E-state index is 13.5. The number of carbonyl (C=O) groups is 2. The zero-order valence-corrected chi connectivity index (χ0v) is 13.3. The average Bonchev–Trinajstić information content (AvgIpc) is 3.42. The summed E-state index contributed by atoms with van der Waals surface area (Å²) >= 11 is 0. The van der Waals surface area contributed by atoms with Gasteiger partial charge in [0.1, 0.15) is 11.6 Å². The Balaban J connectivity index is 1.49. The molecule has 1 aliphatic rings. The Kier molecular flexibility index (Phi) is 4.92. The van der Waals surface area contributed by atoms with Crippen LogP contribution >= 0.6 is 0 Å². The van der Waals surface area contributed by atoms with Crippen molar-refractivity contribution >= 4 is 28.9 Å². The highest BCUT2D eigenvalue weighted by Gasteiger charge is 2.29. The average molecular weight is 345 g/mol. The summed E-state index contributed by atoms with van der Waals surface area (Å²) in [6.45, 7) is -0.0788. The third-order valence-corrected chi connectivity index (χ3v) is 3.76. The molecule has 0 aliphatic heterocycles. The molecule has 7 heteroatoms. The maximum absolute atomic E-state index is 13.5. The molecule has 5 nitrogen and oxygen atoms in total. The molecule has 1 fully saturated rings. The van der Waals surface area contributed by atoms with Crippen LogP contribution in [0.1, 0.15) is 12.8 Å². The molecule has 0 saturated heterocycles. The number of nitrogens with one attached hydrogen (secondary N) is 3. The van der Waals surface area contributed by atoms with E-state index in [1.807, 2.05) is 0 Å². The van der Waals surface area contributed by atoms with Gasteiger partial charge in [-0.25, -0.2) is 8.78 Å². The van der Waals surface area contributed by atoms with E-state index in [-0.39, 0.29) is 24.1 Å². The molecular formula is C18H17F2N3O2. The summed E-state index contributed by atoms with van der Waals surface area (Å²) in [7, 11) is 0. The lowest BCUT2D eigenvalue weighted by molar-refractivity contribution is -0.117. The Hall–Kier alpha value is -2.96. The van der Waals surface area contributed by atoms with E-state index in [0.717, 1.165) is 18.9 Å². The summed E-state index contributed by atoms with van der Waals surface area (Å²) in [6, 6.07) is 9.88. The Morgan fingerprint density at radius 3 is 2.28 bits per heavy atom. The second-order valence-corrected chi connectivity index (χ2v) is 5.87. The summed E-state index contributed by atoms with van der Waals surface area (Å²) in [5, 5.41) is 8.08. The van der Waals surface area contributed by atoms with E-state index in [0.29, 0.717) is 17.4 Å². The minimum absolute atomic E-state index is 0.0291. The van der Waals surface area contributed by atoms with Crippen molar-refractivity contribution in [2.45, 2.75) is 12.8 Å². The number of hydrogen-bond acceptors (Lipinski definition) is 3. The van der Waals surface area contributed by atoms with E-state index in [4.69, 9.17) is 0 Å². The molecule has 0 bridgehead atoms. The summed E-state index contributed by atoms with van der Waals surface area (Å²) in [5.74, 6) is -1.84. The highest BCUT2D eigenvalue weighted by atomic mass is 19.1. The molecule has 2 aromatic carbocycles. The lowest BCUT2D eigenvalue weighted by Gasteiger charge is -2.10. The highest BCUT2D eigenvalue weighted by molar-refractivity contribution is 5.95. The SMILES string of the molecule is O=C(CNc1ccc(NC(=O)C2CC2)cc1)Nc1ccc(F)cc1F. The number of hydrogen-bond donors (Lipinski definition) is 3. The number of anilines is 3. The van der Waals surface area contributed by atoms with Crippen molar-refractivity contribution in [3.05, 3.63) is 54.1 Å². The molecule has 0 spiro atoms. The quantitative estimate of drug-likeness (QED) is 0.752. The monoisotopic (exact) mass is 345 g/mol. The van der Waals surface area contributed by atoms with Gasteiger partial charge in [-0.1, -0.05) is 0 Å². The van der Waals surface area contributed by atoms with Gasteiger partial charge in [-0.2, -0.15) is 0 Å². The van der Waals surface area contributed by atoms with Gasteiger partial charge < -0.3 is 16.0 Å². The van der Waals surface area contributed by atoms with Crippen molar-refractivity contribution in [2.24, 2.45) is 5.92 Å². The van der Waals surface area contributed by atoms with Gasteiger partial charge in [0.05, 0.1) is 12.2 Å². The van der Waals surface area contributed by atoms with E-state index >= 15 is 0 Å². The summed E-state index contributed by atoms with van der Waals surface area (Å²) in [6.07, 6.45) is 1.88. The zero-order valence-electron chi connectivity index (χ0n) is 13.3. The zero-order chi connectivity index (χ0) is 17.8. The second kappa shape index (κ2) is 7.29. The third-order valence-electron chi connectivity index (χ3n) is 3.76. The van der Waals surface area contributed by atoms with Gasteiger partial charge in [0, 0.05) is 23.4 Å². The fraction of sp³-hybridized carbons (Fsp3) is 0.222. The summed E-state index contributed by atoms with van der Waals surface area (Å²) in [5.41, 5.74) is 1.30. The van der Waals surface area contributed by atoms with Gasteiger partial charge in [-0.05, 0) is 49.2 Å². The largest absolute Gasteiger partial charge is 0.376 e. The second-order valence-electron chi connectivity index (χ2n) is 5.87. The van der Waals surface area contributed by atoms with E-state index in [2.05, 4.69) is 16.0 Å². The van der Waals surface area contributed by atoms with Crippen molar-refractivity contribution in [2.75, 3.05) is 22.5 Å². The lowest BCUT2D eigenvalue weighted by Crippen LogP contribution is -2.22. The molecule has 1 aliphatic carbocycles. The fourth-order valence-corrected chi connectivity index (χ4v) is 2.23. The van der Waals surface area contributed by atoms with Gasteiger partial charge in [-0.3, -0.25) is 9.59 Å². The topological polar surface area (TPSA) is 70.2 Å². The molecular weight excluding hydrogens is 328 g/mol. The van der Waals surface area contributed by atoms with E-state index in [9.17, 15) is 18.4 Å². The van der Waals surface area contributed by atoms with Crippen LogP contribution in [0.4, 0.5) is 25.8 Å². The van der Waals surface area contributed by atoms with Gasteiger partial charge in [0.25, 0.3) is 0 Å². The van der Waals surface area contributed by atoms with Crippen molar-refractivity contribution in [1.82, 2.24) is 0 Å². The molecule has 2 aromatic rings. The van der Waals surface area contributed by atoms with Gasteiger partial charge in [0.15, 0.2) is 0 Å². The van der Waals surface area contributed by atoms with Crippen LogP contribution in [0.2, 0.25) is 0 Å². The first-order valence-corrected chi connectivity index (χ1v) is 7.91. The van der Waals surface area contributed by atoms with Crippen LogP contribution in [0.5, 0.6) is 0 Å². The number of rotatable bonds is 6. The van der Waals surface area contributed by atoms with Crippen LogP contribution in [0.15, 0.2) is 42.5 Å². The van der Waals surface area contributed by atoms with Crippen LogP contribution < -0.4 is 16.0 Å². The molecule has 3 N–H and O–H groups in total. The molecule has 0 heterocycles. The Morgan fingerprint density at radius 1 is 0.960 bits per heavy atom. The van der Waals surface area contributed by atoms with Crippen LogP contribution in [-0.2, 0) is 9.59 Å². The molecule has 0 aromatic heterocycles. The molecule has 2 amide bonds. The van der Waals surface area contributed by atoms with Crippen molar-refractivity contribution < 1.29 is 18.4 Å². The molecule has 0 radical (unpaired) electrons. The van der Waals surface area contributed by atoms with Crippen LogP contribution in [0.3, 0.4) is 0 Å². The Bertz CT molecular complexity index is 789. The van der Waals surface area contributed by atoms with Crippen LogP contribution in [0.25, 0.3) is 0 Å². The van der Waals surface area contributed by atoms with E-state index in [1.165, 1.54) is 6.07 Å². The maximum Gasteiger partial charge on any atom is 0.243 e. The van der Waals surface area contributed by atoms with E-state index in [1.54, 1.807) is 24.3 Å². The lowest BCUT2D eigenvalue weighted by atomic mass is 10.2. The highest BCUT2D eigenvalue weighted by Crippen LogP contribution is 2.30. The first-order chi connectivity index (χ1) is 12.0. The smallest absolute Gasteiger partial charge is 0.243 e. The van der Waals surface area contributed by atoms with Crippen molar-refractivity contribution in [3.8, 4) is 0 Å². The van der Waals surface area contributed by atoms with Crippen molar-refractivity contribution in [3.63, 3.8) is 0 Å². The molecule has 0 unspecified atom stereocenters. The molecule has 0 atom stereocenters. The number of benzene rings is 2. The van der Waals surface area contributed by atoms with Gasteiger partial charge in [-0.15, -0.1) is 0 Å². The minimum atomic E-state index is -0.830.